The first-order chi connectivity index (χ1) is 32.9. The van der Waals surface area contributed by atoms with Crippen LogP contribution in [0, 0.1) is 29.1 Å². The third kappa shape index (κ3) is 19.3. The van der Waals surface area contributed by atoms with Crippen LogP contribution in [0.1, 0.15) is 76.9 Å². The van der Waals surface area contributed by atoms with Crippen molar-refractivity contribution >= 4 is 84.3 Å². The molecule has 0 spiro atoms. The minimum atomic E-state index is -4.07. The number of nitrogen functional groups attached to an aromatic ring is 2. The summed E-state index contributed by atoms with van der Waals surface area (Å²) >= 11 is 11.3. The number of primary amides is 1. The Balaban J connectivity index is 0.000000437. The number of hydrogen-bond acceptors (Lipinski definition) is 17. The quantitative estimate of drug-likeness (QED) is 0.0410. The van der Waals surface area contributed by atoms with Gasteiger partial charge in [0.1, 0.15) is 9.79 Å². The van der Waals surface area contributed by atoms with Crippen LogP contribution in [0.2, 0.25) is 10.2 Å². The highest BCUT2D eigenvalue weighted by Gasteiger charge is 2.32. The molecule has 398 valence electrons. The molecule has 0 unspecified atom stereocenters. The topological polar surface area (TPSA) is 424 Å². The van der Waals surface area contributed by atoms with Gasteiger partial charge in [-0.2, -0.15) is 9.71 Å². The summed E-state index contributed by atoms with van der Waals surface area (Å²) in [5.41, 5.74) is 32.9. The number of aliphatic imine (C=N–C) groups is 1. The van der Waals surface area contributed by atoms with Crippen molar-refractivity contribution < 1.29 is 50.5 Å². The lowest BCUT2D eigenvalue weighted by Gasteiger charge is -2.30. The van der Waals surface area contributed by atoms with Gasteiger partial charge >= 0.3 is 5.91 Å². The molecule has 0 saturated heterocycles. The molecule has 71 heavy (non-hydrogen) atoms. The maximum Gasteiger partial charge on any atom is 0.302 e. The number of halogens is 2. The van der Waals surface area contributed by atoms with Crippen LogP contribution in [0.3, 0.4) is 0 Å². The second-order valence-corrected chi connectivity index (χ2v) is 21.7. The molecule has 0 bridgehead atoms. The fraction of sp³-hybridized carbons (Fsp3) is 0.535. The molecule has 18 N–H and O–H groups in total. The van der Waals surface area contributed by atoms with Crippen LogP contribution in [0.25, 0.3) is 0 Å². The number of nitrogens with zero attached hydrogens (tertiary/aromatic N) is 3. The SMILES string of the molecule is COCCCOc1cc(C[C@@H](C[C@H](N)[C@@H](O)C[C@@H](C(=O)NCC(C)(C)C(N)=O)C(C)C)C(C)C)ccc1OC.NC(N)=NC(=O)c1nc(Cl)c(N)nc1N.NS(=O)(=O)c1cc2c(cc1Cl)NCNS2(=O)=O. The van der Waals surface area contributed by atoms with Crippen LogP contribution in [0.4, 0.5) is 17.3 Å². The summed E-state index contributed by atoms with van der Waals surface area (Å²) in [5.74, 6) is -0.709. The molecule has 0 radical (unpaired) electrons. The van der Waals surface area contributed by atoms with Gasteiger partial charge in [-0.25, -0.2) is 31.9 Å². The van der Waals surface area contributed by atoms with Crippen molar-refractivity contribution in [2.24, 2.45) is 62.2 Å². The molecule has 0 fully saturated rings. The van der Waals surface area contributed by atoms with Crippen LogP contribution in [-0.4, -0.2) is 108 Å². The Hall–Kier alpha value is -5.32. The molecule has 3 amide bonds. The fourth-order valence-electron chi connectivity index (χ4n) is 6.58. The number of nitrogens with one attached hydrogen (secondary N) is 3. The highest BCUT2D eigenvalue weighted by molar-refractivity contribution is 7.90. The number of methoxy groups -OCH3 is 2. The lowest BCUT2D eigenvalue weighted by molar-refractivity contribution is -0.130. The summed E-state index contributed by atoms with van der Waals surface area (Å²) in [6.07, 6.45) is 1.56. The van der Waals surface area contributed by atoms with E-state index in [0.29, 0.717) is 37.1 Å². The van der Waals surface area contributed by atoms with Gasteiger partial charge in [-0.05, 0) is 80.7 Å². The molecular weight excluding hydrogens is 1010 g/mol. The Morgan fingerprint density at radius 1 is 0.958 bits per heavy atom. The number of sulfonamides is 2. The predicted molar refractivity (Wildman–Crippen MR) is 272 cm³/mol. The molecule has 0 saturated carbocycles. The lowest BCUT2D eigenvalue weighted by Crippen LogP contribution is -2.46. The Kier molecular flexibility index (Phi) is 23.9. The number of anilines is 3. The summed E-state index contributed by atoms with van der Waals surface area (Å²) in [6, 6.07) is 7.62. The second-order valence-electron chi connectivity index (χ2n) is 17.7. The second kappa shape index (κ2) is 27.5. The summed E-state index contributed by atoms with van der Waals surface area (Å²) in [7, 11) is -4.51. The molecule has 4 rings (SSSR count). The number of rotatable bonds is 21. The van der Waals surface area contributed by atoms with E-state index in [1.54, 1.807) is 28.1 Å². The van der Waals surface area contributed by atoms with E-state index in [4.69, 9.17) is 77.0 Å². The molecule has 0 aliphatic carbocycles. The fourth-order valence-corrected chi connectivity index (χ4v) is 8.99. The van der Waals surface area contributed by atoms with Crippen molar-refractivity contribution in [1.82, 2.24) is 20.0 Å². The Labute approximate surface area is 425 Å². The number of hydrogen-bond donors (Lipinski definition) is 11. The number of amides is 3. The first kappa shape index (κ1) is 61.8. The maximum absolute atomic E-state index is 12.9. The number of fused-ring (bicyclic) bond motifs is 1. The molecule has 3 aromatic rings. The molecule has 2 heterocycles. The number of aliphatic hydroxyl groups is 1. The summed E-state index contributed by atoms with van der Waals surface area (Å²) in [4.78, 5) is 45.7. The van der Waals surface area contributed by atoms with Crippen molar-refractivity contribution in [3.05, 3.63) is 51.8 Å². The number of carbonyl (C=O) groups excluding carboxylic acids is 3. The number of ether oxygens (including phenoxy) is 3. The predicted octanol–water partition coefficient (Wildman–Crippen LogP) is 1.65. The number of aliphatic hydroxyl groups excluding tert-OH is 1. The average molecular weight is 1080 g/mol. The highest BCUT2D eigenvalue weighted by atomic mass is 35.5. The van der Waals surface area contributed by atoms with Gasteiger partial charge in [0.15, 0.2) is 39.9 Å². The van der Waals surface area contributed by atoms with Gasteiger partial charge in [0.05, 0.1) is 42.6 Å². The largest absolute Gasteiger partial charge is 0.493 e. The van der Waals surface area contributed by atoms with Crippen molar-refractivity contribution in [3.63, 3.8) is 0 Å². The number of aromatic nitrogens is 2. The van der Waals surface area contributed by atoms with Gasteiger partial charge in [-0.1, -0.05) is 57.0 Å². The normalized spacial score (nSPS) is 14.7. The average Bonchev–Trinajstić information content (AvgIpc) is 3.26. The standard InChI is InChI=1S/C30H53N3O6.C7H8ClN3O4S2.C6H8ClN7O/c1-19(2)22(14-21-10-11-26(38-8)27(15-21)39-13-9-12-37-7)16-24(31)25(34)17-23(20(3)4)28(35)33-18-30(5,6)29(32)36;8-4-1-5-7(2-6(4)16(9,12)13)17(14,15)11-3-10-5;7-2-4(9)13-3(8)1(12-2)5(15)14-6(10)11/h10-11,15,19-20,22-25,34H,9,12-14,16-18,31H2,1-8H3,(H2,32,36)(H,33,35);1-2,10-11H,3H2,(H2,9,12,13);(H4,8,9,13)(H4,10,11,14,15)/t22-,23+,24-,25-;;/m0../s1. The van der Waals surface area contributed by atoms with Crippen LogP contribution in [0.5, 0.6) is 11.5 Å². The van der Waals surface area contributed by atoms with Crippen LogP contribution >= 0.6 is 23.2 Å². The monoisotopic (exact) mass is 1080 g/mol. The maximum atomic E-state index is 12.9. The Morgan fingerprint density at radius 2 is 1.61 bits per heavy atom. The third-order valence-electron chi connectivity index (χ3n) is 11.0. The zero-order valence-corrected chi connectivity index (χ0v) is 44.1. The summed E-state index contributed by atoms with van der Waals surface area (Å²) in [5, 5.41) is 21.3. The molecule has 1 aliphatic heterocycles. The number of benzene rings is 2. The van der Waals surface area contributed by atoms with Crippen molar-refractivity contribution in [2.75, 3.05) is 57.4 Å². The number of nitrogens with two attached hydrogens (primary N) is 7. The summed E-state index contributed by atoms with van der Waals surface area (Å²) in [6.45, 7) is 12.9. The molecule has 28 heteroatoms. The van der Waals surface area contributed by atoms with Gasteiger partial charge in [0.2, 0.25) is 31.9 Å². The van der Waals surface area contributed by atoms with Crippen molar-refractivity contribution in [1.29, 1.82) is 0 Å². The van der Waals surface area contributed by atoms with E-state index in [1.807, 2.05) is 32.0 Å². The summed E-state index contributed by atoms with van der Waals surface area (Å²) < 4.78 is 64.4. The van der Waals surface area contributed by atoms with E-state index in [-0.39, 0.29) is 75.5 Å². The number of carbonyl (C=O) groups is 3. The van der Waals surface area contributed by atoms with E-state index in [1.165, 1.54) is 6.07 Å². The first-order valence-electron chi connectivity index (χ1n) is 22.0. The smallest absolute Gasteiger partial charge is 0.302 e. The van der Waals surface area contributed by atoms with E-state index in [9.17, 15) is 36.3 Å². The van der Waals surface area contributed by atoms with Gasteiger partial charge < -0.3 is 64.4 Å². The van der Waals surface area contributed by atoms with E-state index in [2.05, 4.69) is 44.2 Å². The minimum absolute atomic E-state index is 0.00829. The molecule has 4 atom stereocenters. The van der Waals surface area contributed by atoms with Gasteiger partial charge in [0.25, 0.3) is 0 Å². The molecule has 1 aromatic heterocycles. The van der Waals surface area contributed by atoms with Crippen LogP contribution < -0.4 is 64.4 Å². The van der Waals surface area contributed by atoms with Crippen molar-refractivity contribution in [2.45, 2.75) is 89.2 Å². The number of guanidine groups is 1. The molecule has 24 nitrogen and oxygen atoms in total. The van der Waals surface area contributed by atoms with E-state index < -0.39 is 66.2 Å². The highest BCUT2D eigenvalue weighted by Crippen LogP contribution is 2.34. The minimum Gasteiger partial charge on any atom is -0.493 e. The van der Waals surface area contributed by atoms with Crippen LogP contribution in [0.15, 0.2) is 45.1 Å². The lowest BCUT2D eigenvalue weighted by atomic mass is 9.80. The van der Waals surface area contributed by atoms with Gasteiger partial charge in [0, 0.05) is 38.6 Å². The van der Waals surface area contributed by atoms with Crippen molar-refractivity contribution in [3.8, 4) is 11.5 Å². The molecule has 1 aliphatic rings. The van der Waals surface area contributed by atoms with Gasteiger partial charge in [-0.3, -0.25) is 14.4 Å². The Morgan fingerprint density at radius 3 is 2.15 bits per heavy atom. The van der Waals surface area contributed by atoms with Gasteiger partial charge in [-0.15, -0.1) is 0 Å². The molecule has 2 aromatic carbocycles. The third-order valence-corrected chi connectivity index (χ3v) is 14.1. The van der Waals surface area contributed by atoms with Crippen LogP contribution in [-0.2, 0) is 40.8 Å². The van der Waals surface area contributed by atoms with E-state index in [0.717, 1.165) is 24.5 Å². The zero-order valence-electron chi connectivity index (χ0n) is 41.0. The van der Waals surface area contributed by atoms with E-state index >= 15 is 0 Å². The first-order valence-corrected chi connectivity index (χ1v) is 25.8. The number of primary sulfonamides is 1. The Bertz CT molecular complexity index is 2570. The zero-order chi connectivity index (χ0) is 54.2. The molecular formula is C43H69Cl2N13O11S2.